The summed E-state index contributed by atoms with van der Waals surface area (Å²) in [7, 11) is 1.41. The van der Waals surface area contributed by atoms with E-state index in [-0.39, 0.29) is 15.8 Å². The summed E-state index contributed by atoms with van der Waals surface area (Å²) in [5, 5.41) is 0.500. The molecule has 2 aromatic rings. The lowest BCUT2D eigenvalue weighted by Gasteiger charge is -2.08. The van der Waals surface area contributed by atoms with E-state index in [4.69, 9.17) is 16.3 Å². The van der Waals surface area contributed by atoms with Gasteiger partial charge >= 0.3 is 0 Å². The van der Waals surface area contributed by atoms with Crippen molar-refractivity contribution in [3.63, 3.8) is 0 Å². The quantitative estimate of drug-likeness (QED) is 0.809. The van der Waals surface area contributed by atoms with Crippen LogP contribution in [0.4, 0.5) is 8.78 Å². The minimum atomic E-state index is -0.670. The number of methoxy groups -OCH3 is 1. The molecule has 18 heavy (non-hydrogen) atoms. The number of hydrogen-bond acceptors (Lipinski definition) is 4. The van der Waals surface area contributed by atoms with Crippen molar-refractivity contribution in [2.45, 2.75) is 9.92 Å². The van der Waals surface area contributed by atoms with Crippen LogP contribution in [0, 0.1) is 11.6 Å². The summed E-state index contributed by atoms with van der Waals surface area (Å²) in [5.74, 6) is -1.05. The van der Waals surface area contributed by atoms with Crippen LogP contribution in [-0.4, -0.2) is 17.1 Å². The van der Waals surface area contributed by atoms with Crippen LogP contribution in [-0.2, 0) is 0 Å². The molecular weight excluding hydrogens is 282 g/mol. The molecule has 0 saturated carbocycles. The van der Waals surface area contributed by atoms with Crippen LogP contribution in [0.25, 0.3) is 0 Å². The van der Waals surface area contributed by atoms with Crippen LogP contribution < -0.4 is 4.74 Å². The number of ether oxygens (including phenoxy) is 1. The third-order valence-electron chi connectivity index (χ3n) is 2.03. The molecule has 0 unspecified atom stereocenters. The van der Waals surface area contributed by atoms with Crippen LogP contribution in [0.3, 0.4) is 0 Å². The average Bonchev–Trinajstić information content (AvgIpc) is 2.33. The molecule has 0 saturated heterocycles. The highest BCUT2D eigenvalue weighted by atomic mass is 35.5. The summed E-state index contributed by atoms with van der Waals surface area (Å²) < 4.78 is 31.3. The molecule has 0 radical (unpaired) electrons. The lowest BCUT2D eigenvalue weighted by atomic mass is 10.3. The Balaban J connectivity index is 2.37. The zero-order valence-electron chi connectivity index (χ0n) is 9.15. The van der Waals surface area contributed by atoms with Crippen molar-refractivity contribution in [2.75, 3.05) is 7.11 Å². The maximum absolute atomic E-state index is 13.5. The first kappa shape index (κ1) is 13.0. The fraction of sp³-hybridized carbons (Fsp3) is 0.0909. The Hall–Kier alpha value is -1.40. The second-order valence-electron chi connectivity index (χ2n) is 3.18. The maximum atomic E-state index is 13.5. The van der Waals surface area contributed by atoms with Gasteiger partial charge in [0.1, 0.15) is 23.0 Å². The van der Waals surface area contributed by atoms with Crippen molar-refractivity contribution in [2.24, 2.45) is 0 Å². The van der Waals surface area contributed by atoms with E-state index in [1.807, 2.05) is 0 Å². The van der Waals surface area contributed by atoms with Gasteiger partial charge in [0, 0.05) is 11.0 Å². The minimum absolute atomic E-state index is 0.137. The van der Waals surface area contributed by atoms with Crippen LogP contribution in [0.15, 0.2) is 34.4 Å². The van der Waals surface area contributed by atoms with Gasteiger partial charge in [-0.25, -0.2) is 18.7 Å². The molecule has 0 fully saturated rings. The van der Waals surface area contributed by atoms with Crippen molar-refractivity contribution in [3.05, 3.63) is 41.3 Å². The molecule has 0 atom stereocenters. The first-order valence-electron chi connectivity index (χ1n) is 4.79. The minimum Gasteiger partial charge on any atom is -0.491 e. The van der Waals surface area contributed by atoms with E-state index in [9.17, 15) is 8.78 Å². The molecule has 1 heterocycles. The molecule has 0 aliphatic heterocycles. The predicted molar refractivity (Wildman–Crippen MR) is 64.1 cm³/mol. The van der Waals surface area contributed by atoms with Crippen LogP contribution >= 0.6 is 23.4 Å². The van der Waals surface area contributed by atoms with Gasteiger partial charge in [-0.15, -0.1) is 0 Å². The van der Waals surface area contributed by atoms with Crippen molar-refractivity contribution in [1.82, 2.24) is 9.97 Å². The van der Waals surface area contributed by atoms with E-state index in [2.05, 4.69) is 9.97 Å². The molecule has 0 aliphatic rings. The molecule has 1 aromatic heterocycles. The van der Waals surface area contributed by atoms with E-state index in [1.165, 1.54) is 25.6 Å². The second kappa shape index (κ2) is 5.49. The molecule has 0 spiro atoms. The van der Waals surface area contributed by atoms with E-state index in [0.717, 1.165) is 17.8 Å². The monoisotopic (exact) mass is 288 g/mol. The summed E-state index contributed by atoms with van der Waals surface area (Å²) in [6, 6.07) is 3.29. The van der Waals surface area contributed by atoms with Crippen molar-refractivity contribution in [1.29, 1.82) is 0 Å². The van der Waals surface area contributed by atoms with Gasteiger partial charge in [0.05, 0.1) is 7.11 Å². The van der Waals surface area contributed by atoms with Gasteiger partial charge in [-0.05, 0) is 12.1 Å². The van der Waals surface area contributed by atoms with E-state index >= 15 is 0 Å². The third-order valence-corrected chi connectivity index (χ3v) is 3.34. The largest absolute Gasteiger partial charge is 0.491 e. The molecule has 1 aromatic carbocycles. The summed E-state index contributed by atoms with van der Waals surface area (Å²) in [4.78, 5) is 7.93. The Morgan fingerprint density at radius 1 is 1.28 bits per heavy atom. The smallest absolute Gasteiger partial charge is 0.188 e. The topological polar surface area (TPSA) is 35.0 Å². The molecule has 94 valence electrons. The zero-order valence-corrected chi connectivity index (χ0v) is 10.7. The van der Waals surface area contributed by atoms with Gasteiger partial charge in [0.15, 0.2) is 10.9 Å². The predicted octanol–water partition coefficient (Wildman–Crippen LogP) is 3.57. The van der Waals surface area contributed by atoms with Gasteiger partial charge in [0.2, 0.25) is 0 Å². The maximum Gasteiger partial charge on any atom is 0.188 e. The molecule has 0 amide bonds. The summed E-state index contributed by atoms with van der Waals surface area (Å²) in [6.45, 7) is 0. The number of halogens is 3. The number of nitrogens with zero attached hydrogens (tertiary/aromatic N) is 2. The van der Waals surface area contributed by atoms with E-state index in [0.29, 0.717) is 5.03 Å². The Labute approximate surface area is 111 Å². The van der Waals surface area contributed by atoms with E-state index in [1.54, 1.807) is 0 Å². The Kier molecular flexibility index (Phi) is 3.98. The number of aromatic nitrogens is 2. The molecule has 0 N–H and O–H groups in total. The third kappa shape index (κ3) is 2.70. The first-order valence-corrected chi connectivity index (χ1v) is 5.98. The molecule has 7 heteroatoms. The molecular formula is C11H7ClF2N2OS. The summed E-state index contributed by atoms with van der Waals surface area (Å²) >= 11 is 6.80. The highest BCUT2D eigenvalue weighted by Gasteiger charge is 2.14. The standard InChI is InChI=1S/C11H7ClF2N2OS/c1-17-9-10(12)15-5-16-11(9)18-8-3-2-6(13)4-7(8)14/h2-5H,1H3. The van der Waals surface area contributed by atoms with Crippen LogP contribution in [0.2, 0.25) is 5.15 Å². The lowest BCUT2D eigenvalue weighted by Crippen LogP contribution is -1.93. The summed E-state index contributed by atoms with van der Waals surface area (Å²) in [5.41, 5.74) is 0. The average molecular weight is 289 g/mol. The fourth-order valence-electron chi connectivity index (χ4n) is 1.24. The van der Waals surface area contributed by atoms with E-state index < -0.39 is 11.6 Å². The number of rotatable bonds is 3. The highest BCUT2D eigenvalue weighted by Crippen LogP contribution is 2.37. The van der Waals surface area contributed by atoms with Gasteiger partial charge in [-0.1, -0.05) is 23.4 Å². The fourth-order valence-corrected chi connectivity index (χ4v) is 2.38. The SMILES string of the molecule is COc1c(Cl)ncnc1Sc1ccc(F)cc1F. The number of benzene rings is 1. The molecule has 0 bridgehead atoms. The normalized spacial score (nSPS) is 10.4. The highest BCUT2D eigenvalue weighted by molar-refractivity contribution is 7.99. The Bertz CT molecular complexity index is 583. The first-order chi connectivity index (χ1) is 8.61. The van der Waals surface area contributed by atoms with Crippen molar-refractivity contribution < 1.29 is 13.5 Å². The molecule has 0 aliphatic carbocycles. The van der Waals surface area contributed by atoms with Crippen LogP contribution in [0.1, 0.15) is 0 Å². The zero-order chi connectivity index (χ0) is 13.1. The lowest BCUT2D eigenvalue weighted by molar-refractivity contribution is 0.398. The second-order valence-corrected chi connectivity index (χ2v) is 4.57. The van der Waals surface area contributed by atoms with Gasteiger partial charge in [-0.3, -0.25) is 0 Å². The summed E-state index contributed by atoms with van der Waals surface area (Å²) in [6.07, 6.45) is 1.24. The van der Waals surface area contributed by atoms with Crippen LogP contribution in [0.5, 0.6) is 5.75 Å². The van der Waals surface area contributed by atoms with Gasteiger partial charge in [0.25, 0.3) is 0 Å². The van der Waals surface area contributed by atoms with Gasteiger partial charge in [-0.2, -0.15) is 0 Å². The van der Waals surface area contributed by atoms with Crippen molar-refractivity contribution in [3.8, 4) is 5.75 Å². The number of hydrogen-bond donors (Lipinski definition) is 0. The van der Waals surface area contributed by atoms with Gasteiger partial charge < -0.3 is 4.74 Å². The Morgan fingerprint density at radius 2 is 2.06 bits per heavy atom. The molecule has 2 rings (SSSR count). The Morgan fingerprint density at radius 3 is 2.72 bits per heavy atom. The molecule has 3 nitrogen and oxygen atoms in total. The van der Waals surface area contributed by atoms with Crippen molar-refractivity contribution >= 4 is 23.4 Å².